The number of ether oxygens (including phenoxy) is 1. The number of nitrogens with zero attached hydrogens (tertiary/aromatic N) is 1. The molecule has 1 heterocycles. The Morgan fingerprint density at radius 1 is 1.15 bits per heavy atom. The van der Waals surface area contributed by atoms with E-state index in [9.17, 15) is 14.0 Å². The number of hydrogen-bond donors (Lipinski definition) is 0. The Kier molecular flexibility index (Phi) is 4.99. The average molecular weight is 369 g/mol. The van der Waals surface area contributed by atoms with Gasteiger partial charge in [0.2, 0.25) is 0 Å². The molecule has 0 unspecified atom stereocenters. The summed E-state index contributed by atoms with van der Waals surface area (Å²) in [6, 6.07) is 10.7. The Morgan fingerprint density at radius 2 is 1.81 bits per heavy atom. The van der Waals surface area contributed by atoms with Gasteiger partial charge in [0, 0.05) is 25.7 Å². The lowest BCUT2D eigenvalue weighted by Crippen LogP contribution is -2.35. The van der Waals surface area contributed by atoms with Gasteiger partial charge in [-0.2, -0.15) is 0 Å². The molecular formula is C21H20FNO4. The highest BCUT2D eigenvalue weighted by atomic mass is 19.1. The van der Waals surface area contributed by atoms with Gasteiger partial charge < -0.3 is 14.1 Å². The number of amides is 1. The minimum Gasteiger partial charge on any atom is -0.480 e. The molecule has 0 spiro atoms. The van der Waals surface area contributed by atoms with E-state index in [0.29, 0.717) is 27.8 Å². The standard InChI is InChI=1S/C21H20FNO4/c1-12-9-17(26-13(2)21(25)23(3)4)20-16(11-19(24)27-18(20)10-12)14-5-7-15(22)8-6-14/h5-11,13H,1-4H3/t13-/m1/s1. The normalized spacial score (nSPS) is 12.0. The van der Waals surface area contributed by atoms with Crippen LogP contribution in [0.15, 0.2) is 51.7 Å². The van der Waals surface area contributed by atoms with Gasteiger partial charge in [-0.1, -0.05) is 12.1 Å². The number of carbonyl (C=O) groups is 1. The lowest BCUT2D eigenvalue weighted by Gasteiger charge is -2.20. The molecule has 0 N–H and O–H groups in total. The molecule has 0 saturated heterocycles. The van der Waals surface area contributed by atoms with Crippen molar-refractivity contribution in [2.24, 2.45) is 0 Å². The zero-order chi connectivity index (χ0) is 19.7. The lowest BCUT2D eigenvalue weighted by atomic mass is 10.00. The molecule has 5 nitrogen and oxygen atoms in total. The predicted molar refractivity (Wildman–Crippen MR) is 101 cm³/mol. The van der Waals surface area contributed by atoms with Crippen LogP contribution in [0.25, 0.3) is 22.1 Å². The highest BCUT2D eigenvalue weighted by molar-refractivity contribution is 5.98. The van der Waals surface area contributed by atoms with Crippen LogP contribution in [-0.2, 0) is 4.79 Å². The first-order valence-corrected chi connectivity index (χ1v) is 8.48. The van der Waals surface area contributed by atoms with Crippen molar-refractivity contribution in [1.29, 1.82) is 0 Å². The fourth-order valence-electron chi connectivity index (χ4n) is 2.95. The summed E-state index contributed by atoms with van der Waals surface area (Å²) in [5, 5.41) is 0.560. The maximum Gasteiger partial charge on any atom is 0.336 e. The maximum atomic E-state index is 13.3. The minimum atomic E-state index is -0.724. The van der Waals surface area contributed by atoms with E-state index < -0.39 is 11.7 Å². The summed E-state index contributed by atoms with van der Waals surface area (Å²) >= 11 is 0. The first-order valence-electron chi connectivity index (χ1n) is 8.48. The van der Waals surface area contributed by atoms with E-state index in [0.717, 1.165) is 5.56 Å². The zero-order valence-corrected chi connectivity index (χ0v) is 15.6. The number of halogens is 1. The first kappa shape index (κ1) is 18.6. The molecule has 0 radical (unpaired) electrons. The summed E-state index contributed by atoms with van der Waals surface area (Å²) in [4.78, 5) is 25.7. The van der Waals surface area contributed by atoms with Crippen molar-refractivity contribution in [3.05, 3.63) is 64.3 Å². The second-order valence-corrected chi connectivity index (χ2v) is 6.61. The fraction of sp³-hybridized carbons (Fsp3) is 0.238. The number of benzene rings is 2. The Morgan fingerprint density at radius 3 is 2.44 bits per heavy atom. The van der Waals surface area contributed by atoms with Crippen LogP contribution in [0.3, 0.4) is 0 Å². The molecule has 0 fully saturated rings. The number of rotatable bonds is 4. The molecular weight excluding hydrogens is 349 g/mol. The van der Waals surface area contributed by atoms with Crippen molar-refractivity contribution in [1.82, 2.24) is 4.90 Å². The average Bonchev–Trinajstić information content (AvgIpc) is 2.60. The molecule has 3 aromatic rings. The van der Waals surface area contributed by atoms with Crippen LogP contribution in [0.1, 0.15) is 12.5 Å². The molecule has 0 aliphatic rings. The Balaban J connectivity index is 2.22. The van der Waals surface area contributed by atoms with Crippen LogP contribution in [0.4, 0.5) is 4.39 Å². The van der Waals surface area contributed by atoms with Gasteiger partial charge >= 0.3 is 5.63 Å². The number of carbonyl (C=O) groups excluding carboxylic acids is 1. The molecule has 0 saturated carbocycles. The summed E-state index contributed by atoms with van der Waals surface area (Å²) in [6.07, 6.45) is -0.724. The molecule has 0 aliphatic heterocycles. The van der Waals surface area contributed by atoms with E-state index in [1.54, 1.807) is 45.3 Å². The quantitative estimate of drug-likeness (QED) is 0.657. The summed E-state index contributed by atoms with van der Waals surface area (Å²) in [6.45, 7) is 3.50. The number of hydrogen-bond acceptors (Lipinski definition) is 4. The van der Waals surface area contributed by atoms with E-state index in [1.165, 1.54) is 23.1 Å². The van der Waals surface area contributed by atoms with Gasteiger partial charge in [-0.05, 0) is 49.2 Å². The SMILES string of the molecule is Cc1cc(O[C@H](C)C(=O)N(C)C)c2c(-c3ccc(F)cc3)cc(=O)oc2c1. The molecule has 0 aliphatic carbocycles. The van der Waals surface area contributed by atoms with Gasteiger partial charge in [-0.3, -0.25) is 4.79 Å². The summed E-state index contributed by atoms with van der Waals surface area (Å²) in [5.74, 6) is -0.135. The predicted octanol–water partition coefficient (Wildman–Crippen LogP) is 3.76. The third-order valence-corrected chi connectivity index (χ3v) is 4.20. The molecule has 1 aromatic heterocycles. The Bertz CT molecular complexity index is 1050. The van der Waals surface area contributed by atoms with Crippen LogP contribution in [0, 0.1) is 12.7 Å². The molecule has 1 atom stereocenters. The van der Waals surface area contributed by atoms with Crippen LogP contribution >= 0.6 is 0 Å². The minimum absolute atomic E-state index is 0.189. The highest BCUT2D eigenvalue weighted by Gasteiger charge is 2.20. The first-order chi connectivity index (χ1) is 12.8. The van der Waals surface area contributed by atoms with Gasteiger partial charge in [0.25, 0.3) is 5.91 Å². The molecule has 1 amide bonds. The Labute approximate surface area is 156 Å². The van der Waals surface area contributed by atoms with E-state index in [1.807, 2.05) is 6.92 Å². The number of aryl methyl sites for hydroxylation is 1. The van der Waals surface area contributed by atoms with Crippen LogP contribution < -0.4 is 10.4 Å². The molecule has 27 heavy (non-hydrogen) atoms. The lowest BCUT2D eigenvalue weighted by molar-refractivity contribution is -0.135. The van der Waals surface area contributed by atoms with Gasteiger partial charge in [0.1, 0.15) is 17.1 Å². The van der Waals surface area contributed by atoms with E-state index in [4.69, 9.17) is 9.15 Å². The van der Waals surface area contributed by atoms with E-state index in [2.05, 4.69) is 0 Å². The zero-order valence-electron chi connectivity index (χ0n) is 15.6. The highest BCUT2D eigenvalue weighted by Crippen LogP contribution is 2.36. The maximum absolute atomic E-state index is 13.3. The number of fused-ring (bicyclic) bond motifs is 1. The van der Waals surface area contributed by atoms with Crippen molar-refractivity contribution < 1.29 is 18.3 Å². The third kappa shape index (κ3) is 3.84. The van der Waals surface area contributed by atoms with Crippen LogP contribution in [-0.4, -0.2) is 31.0 Å². The molecule has 2 aromatic carbocycles. The van der Waals surface area contributed by atoms with Crippen molar-refractivity contribution >= 4 is 16.9 Å². The van der Waals surface area contributed by atoms with E-state index in [-0.39, 0.29) is 11.7 Å². The van der Waals surface area contributed by atoms with E-state index >= 15 is 0 Å². The van der Waals surface area contributed by atoms with Crippen molar-refractivity contribution in [3.8, 4) is 16.9 Å². The van der Waals surface area contributed by atoms with Gasteiger partial charge in [0.15, 0.2) is 6.10 Å². The molecule has 0 bridgehead atoms. The second-order valence-electron chi connectivity index (χ2n) is 6.61. The Hall–Kier alpha value is -3.15. The topological polar surface area (TPSA) is 59.8 Å². The summed E-state index contributed by atoms with van der Waals surface area (Å²) < 4.78 is 24.6. The molecule has 3 rings (SSSR count). The van der Waals surface area contributed by atoms with Crippen molar-refractivity contribution in [2.75, 3.05) is 14.1 Å². The third-order valence-electron chi connectivity index (χ3n) is 4.20. The van der Waals surface area contributed by atoms with Gasteiger partial charge in [-0.25, -0.2) is 9.18 Å². The van der Waals surface area contributed by atoms with Crippen molar-refractivity contribution in [3.63, 3.8) is 0 Å². The van der Waals surface area contributed by atoms with Crippen LogP contribution in [0.5, 0.6) is 5.75 Å². The van der Waals surface area contributed by atoms with Gasteiger partial charge in [-0.15, -0.1) is 0 Å². The summed E-state index contributed by atoms with van der Waals surface area (Å²) in [7, 11) is 3.30. The second kappa shape index (κ2) is 7.23. The number of likely N-dealkylation sites (N-methyl/N-ethyl adjacent to an activating group) is 1. The monoisotopic (exact) mass is 369 g/mol. The molecule has 140 valence electrons. The molecule has 6 heteroatoms. The largest absolute Gasteiger partial charge is 0.480 e. The van der Waals surface area contributed by atoms with Gasteiger partial charge in [0.05, 0.1) is 5.39 Å². The summed E-state index contributed by atoms with van der Waals surface area (Å²) in [5.41, 5.74) is 1.86. The van der Waals surface area contributed by atoms with Crippen LogP contribution in [0.2, 0.25) is 0 Å². The van der Waals surface area contributed by atoms with Crippen molar-refractivity contribution in [2.45, 2.75) is 20.0 Å². The fourth-order valence-corrected chi connectivity index (χ4v) is 2.95. The smallest absolute Gasteiger partial charge is 0.336 e.